The number of nitrogens with one attached hydrogen (secondary N) is 1. The first-order valence-electron chi connectivity index (χ1n) is 10.2. The molecule has 0 saturated heterocycles. The zero-order chi connectivity index (χ0) is 23.1. The predicted octanol–water partition coefficient (Wildman–Crippen LogP) is 5.54. The number of nitrogens with zero attached hydrogens (tertiary/aromatic N) is 3. The normalized spacial score (nSPS) is 11.0. The lowest BCUT2D eigenvalue weighted by Crippen LogP contribution is -2.27. The third-order valence-electron chi connectivity index (χ3n) is 4.42. The molecule has 2 aromatic carbocycles. The Hall–Kier alpha value is -3.94. The molecule has 0 radical (unpaired) electrons. The van der Waals surface area contributed by atoms with Crippen molar-refractivity contribution in [3.05, 3.63) is 94.2 Å². The van der Waals surface area contributed by atoms with Crippen molar-refractivity contribution in [2.75, 3.05) is 10.2 Å². The number of nitro groups is 1. The van der Waals surface area contributed by atoms with Crippen molar-refractivity contribution < 1.29 is 14.5 Å². The molecular weight excluding hydrogens is 408 g/mol. The maximum atomic E-state index is 12.1. The van der Waals surface area contributed by atoms with Gasteiger partial charge in [0.05, 0.1) is 16.8 Å². The van der Waals surface area contributed by atoms with Crippen molar-refractivity contribution in [1.29, 1.82) is 0 Å². The minimum atomic E-state index is -0.702. The van der Waals surface area contributed by atoms with Crippen molar-refractivity contribution in [1.82, 2.24) is 4.98 Å². The van der Waals surface area contributed by atoms with Crippen LogP contribution in [0, 0.1) is 10.1 Å². The smallest absolute Gasteiger partial charge is 0.412 e. The van der Waals surface area contributed by atoms with E-state index in [4.69, 9.17) is 4.74 Å². The summed E-state index contributed by atoms with van der Waals surface area (Å²) < 4.78 is 5.22. The van der Waals surface area contributed by atoms with Crippen LogP contribution in [0.25, 0.3) is 0 Å². The predicted molar refractivity (Wildman–Crippen MR) is 124 cm³/mol. The van der Waals surface area contributed by atoms with Gasteiger partial charge in [0.2, 0.25) is 5.82 Å². The summed E-state index contributed by atoms with van der Waals surface area (Å²) in [6, 6.07) is 20.7. The van der Waals surface area contributed by atoms with E-state index in [1.165, 1.54) is 12.3 Å². The highest BCUT2D eigenvalue weighted by molar-refractivity contribution is 5.85. The number of amides is 1. The second kappa shape index (κ2) is 9.91. The maximum Gasteiger partial charge on any atom is 0.412 e. The second-order valence-electron chi connectivity index (χ2n) is 8.28. The second-order valence-corrected chi connectivity index (χ2v) is 8.28. The van der Waals surface area contributed by atoms with Gasteiger partial charge in [-0.3, -0.25) is 15.4 Å². The number of ether oxygens (including phenoxy) is 1. The molecule has 8 nitrogen and oxygen atoms in total. The standard InChI is InChI=1S/C24H26N4O4/c1-24(2,3)32-23(29)26-20-14-21(28(30)31)22(25-15-20)27(16-18-10-6-4-7-11-18)17-19-12-8-5-9-13-19/h4-15H,16-17H2,1-3H3,(H,26,29). The van der Waals surface area contributed by atoms with E-state index in [0.29, 0.717) is 13.1 Å². The van der Waals surface area contributed by atoms with Gasteiger partial charge in [-0.2, -0.15) is 0 Å². The summed E-state index contributed by atoms with van der Waals surface area (Å²) in [5.74, 6) is 0.220. The molecular formula is C24H26N4O4. The van der Waals surface area contributed by atoms with Gasteiger partial charge in [-0.05, 0) is 31.9 Å². The average Bonchev–Trinajstić information content (AvgIpc) is 2.73. The molecule has 0 spiro atoms. The first-order valence-corrected chi connectivity index (χ1v) is 10.2. The quantitative estimate of drug-likeness (QED) is 0.387. The highest BCUT2D eigenvalue weighted by Crippen LogP contribution is 2.31. The monoisotopic (exact) mass is 434 g/mol. The molecule has 0 aliphatic carbocycles. The highest BCUT2D eigenvalue weighted by atomic mass is 16.6. The van der Waals surface area contributed by atoms with Crippen LogP contribution in [0.4, 0.5) is 22.0 Å². The summed E-state index contributed by atoms with van der Waals surface area (Å²) in [5.41, 5.74) is 1.29. The number of rotatable bonds is 7. The van der Waals surface area contributed by atoms with Crippen molar-refractivity contribution in [3.8, 4) is 0 Å². The summed E-state index contributed by atoms with van der Waals surface area (Å²) in [7, 11) is 0. The molecule has 0 aliphatic heterocycles. The van der Waals surface area contributed by atoms with E-state index >= 15 is 0 Å². The van der Waals surface area contributed by atoms with Crippen LogP contribution in [-0.4, -0.2) is 21.6 Å². The largest absolute Gasteiger partial charge is 0.444 e. The lowest BCUT2D eigenvalue weighted by molar-refractivity contribution is -0.384. The fourth-order valence-electron chi connectivity index (χ4n) is 3.13. The van der Waals surface area contributed by atoms with Gasteiger partial charge in [0, 0.05) is 19.2 Å². The van der Waals surface area contributed by atoms with Gasteiger partial charge in [0.15, 0.2) is 0 Å². The number of hydrogen-bond acceptors (Lipinski definition) is 6. The Morgan fingerprint density at radius 2 is 1.56 bits per heavy atom. The fourth-order valence-corrected chi connectivity index (χ4v) is 3.13. The summed E-state index contributed by atoms with van der Waals surface area (Å²) in [4.78, 5) is 29.7. The Bertz CT molecular complexity index is 1020. The summed E-state index contributed by atoms with van der Waals surface area (Å²) in [6.45, 7) is 6.08. The van der Waals surface area contributed by atoms with Gasteiger partial charge in [-0.15, -0.1) is 0 Å². The maximum absolute atomic E-state index is 12.1. The molecule has 166 valence electrons. The molecule has 0 saturated carbocycles. The topological polar surface area (TPSA) is 97.6 Å². The van der Waals surface area contributed by atoms with Crippen molar-refractivity contribution in [2.45, 2.75) is 39.5 Å². The van der Waals surface area contributed by atoms with E-state index in [-0.39, 0.29) is 17.2 Å². The van der Waals surface area contributed by atoms with Crippen LogP contribution in [-0.2, 0) is 17.8 Å². The Kier molecular flexibility index (Phi) is 7.04. The average molecular weight is 434 g/mol. The molecule has 3 aromatic rings. The molecule has 0 atom stereocenters. The Morgan fingerprint density at radius 3 is 2.03 bits per heavy atom. The van der Waals surface area contributed by atoms with Crippen LogP contribution in [0.1, 0.15) is 31.9 Å². The summed E-state index contributed by atoms with van der Waals surface area (Å²) >= 11 is 0. The third kappa shape index (κ3) is 6.53. The minimum Gasteiger partial charge on any atom is -0.444 e. The van der Waals surface area contributed by atoms with E-state index in [2.05, 4.69) is 10.3 Å². The Morgan fingerprint density at radius 1 is 1.03 bits per heavy atom. The number of benzene rings is 2. The van der Waals surface area contributed by atoms with Gasteiger partial charge in [0.1, 0.15) is 5.60 Å². The van der Waals surface area contributed by atoms with Crippen LogP contribution in [0.15, 0.2) is 72.9 Å². The van der Waals surface area contributed by atoms with Crippen LogP contribution >= 0.6 is 0 Å². The van der Waals surface area contributed by atoms with Crippen molar-refractivity contribution in [3.63, 3.8) is 0 Å². The van der Waals surface area contributed by atoms with E-state index in [0.717, 1.165) is 11.1 Å². The van der Waals surface area contributed by atoms with Crippen LogP contribution < -0.4 is 10.2 Å². The molecule has 8 heteroatoms. The van der Waals surface area contributed by atoms with Gasteiger partial charge in [-0.1, -0.05) is 60.7 Å². The van der Waals surface area contributed by atoms with E-state index in [1.54, 1.807) is 20.8 Å². The van der Waals surface area contributed by atoms with Crippen molar-refractivity contribution in [2.24, 2.45) is 0 Å². The fraction of sp³-hybridized carbons (Fsp3) is 0.250. The van der Waals surface area contributed by atoms with E-state index < -0.39 is 16.6 Å². The molecule has 1 aromatic heterocycles. The first-order chi connectivity index (χ1) is 15.2. The molecule has 0 unspecified atom stereocenters. The summed E-state index contributed by atoms with van der Waals surface area (Å²) in [6.07, 6.45) is 0.696. The minimum absolute atomic E-state index is 0.189. The third-order valence-corrected chi connectivity index (χ3v) is 4.42. The Balaban J connectivity index is 1.93. The molecule has 3 rings (SSSR count). The number of anilines is 2. The molecule has 0 aliphatic rings. The Labute approximate surface area is 187 Å². The van der Waals surface area contributed by atoms with Crippen molar-refractivity contribution >= 4 is 23.3 Å². The summed E-state index contributed by atoms with van der Waals surface area (Å²) in [5, 5.41) is 14.4. The number of hydrogen-bond donors (Lipinski definition) is 1. The highest BCUT2D eigenvalue weighted by Gasteiger charge is 2.24. The molecule has 1 N–H and O–H groups in total. The van der Waals surface area contributed by atoms with E-state index in [9.17, 15) is 14.9 Å². The number of pyridine rings is 1. The molecule has 1 amide bonds. The van der Waals surface area contributed by atoms with E-state index in [1.807, 2.05) is 65.6 Å². The lowest BCUT2D eigenvalue weighted by atomic mass is 10.1. The zero-order valence-electron chi connectivity index (χ0n) is 18.3. The van der Waals surface area contributed by atoms with Crippen LogP contribution in [0.2, 0.25) is 0 Å². The molecule has 1 heterocycles. The van der Waals surface area contributed by atoms with Crippen LogP contribution in [0.3, 0.4) is 0 Å². The zero-order valence-corrected chi connectivity index (χ0v) is 18.3. The van der Waals surface area contributed by atoms with Gasteiger partial charge >= 0.3 is 11.8 Å². The molecule has 0 fully saturated rings. The number of carbonyl (C=O) groups excluding carboxylic acids is 1. The van der Waals surface area contributed by atoms with Gasteiger partial charge in [-0.25, -0.2) is 9.78 Å². The molecule has 0 bridgehead atoms. The molecule has 32 heavy (non-hydrogen) atoms. The SMILES string of the molecule is CC(C)(C)OC(=O)Nc1cnc(N(Cc2ccccc2)Cc2ccccc2)c([N+](=O)[O-])c1. The van der Waals surface area contributed by atoms with Gasteiger partial charge < -0.3 is 9.64 Å². The van der Waals surface area contributed by atoms with Crippen LogP contribution in [0.5, 0.6) is 0 Å². The first kappa shape index (κ1) is 22.7. The number of carbonyl (C=O) groups is 1. The van der Waals surface area contributed by atoms with Gasteiger partial charge in [0.25, 0.3) is 0 Å². The number of aromatic nitrogens is 1. The lowest BCUT2D eigenvalue weighted by Gasteiger charge is -2.24.